The molecule has 27 heavy (non-hydrogen) atoms. The van der Waals surface area contributed by atoms with Crippen molar-refractivity contribution in [1.29, 1.82) is 0 Å². The molecule has 0 unspecified atom stereocenters. The van der Waals surface area contributed by atoms with Crippen LogP contribution >= 0.6 is 27.7 Å². The molecule has 0 fully saturated rings. The smallest absolute Gasteiger partial charge is 0.240 e. The lowest BCUT2D eigenvalue weighted by molar-refractivity contribution is -0.116. The van der Waals surface area contributed by atoms with Crippen molar-refractivity contribution in [2.24, 2.45) is 5.92 Å². The molecule has 142 valence electrons. The molecule has 0 radical (unpaired) electrons. The van der Waals surface area contributed by atoms with E-state index in [1.807, 2.05) is 13.8 Å². The number of nitrogens with zero attached hydrogens (tertiary/aromatic N) is 5. The van der Waals surface area contributed by atoms with Gasteiger partial charge in [0.25, 0.3) is 0 Å². The van der Waals surface area contributed by atoms with E-state index in [-0.39, 0.29) is 23.7 Å². The van der Waals surface area contributed by atoms with E-state index in [0.29, 0.717) is 26.5 Å². The number of hydrogen-bond acceptors (Lipinski definition) is 9. The Kier molecular flexibility index (Phi) is 5.75. The minimum Gasteiger partial charge on any atom is -0.480 e. The third kappa shape index (κ3) is 4.27. The van der Waals surface area contributed by atoms with Crippen LogP contribution in [0, 0.1) is 5.92 Å². The highest BCUT2D eigenvalue weighted by molar-refractivity contribution is 9.10. The van der Waals surface area contributed by atoms with Gasteiger partial charge in [-0.2, -0.15) is 9.97 Å². The molecule has 0 aliphatic carbocycles. The maximum Gasteiger partial charge on any atom is 0.240 e. The molecule has 3 aromatic rings. The minimum atomic E-state index is -0.468. The number of amides is 1. The summed E-state index contributed by atoms with van der Waals surface area (Å²) in [5, 5.41) is 2.80. The molecule has 0 bridgehead atoms. The second-order valence-corrected chi connectivity index (χ2v) is 7.80. The van der Waals surface area contributed by atoms with Crippen molar-refractivity contribution < 1.29 is 9.53 Å². The van der Waals surface area contributed by atoms with Crippen molar-refractivity contribution in [2.75, 3.05) is 18.2 Å². The monoisotopic (exact) mass is 452 g/mol. The molecule has 0 saturated heterocycles. The number of carbonyl (C=O) groups is 1. The molecule has 0 saturated carbocycles. The van der Waals surface area contributed by atoms with Crippen LogP contribution in [0.5, 0.6) is 5.88 Å². The minimum absolute atomic E-state index is 0.00139. The SMILES string of the molecule is COc1nc(NC(=O)[C@@H](Sc2nc(N)nc3nc[nH]c23)C(C)C)ncc1Br. The Morgan fingerprint density at radius 2 is 2.11 bits per heavy atom. The second kappa shape index (κ2) is 8.05. The van der Waals surface area contributed by atoms with Gasteiger partial charge in [0.15, 0.2) is 5.65 Å². The van der Waals surface area contributed by atoms with Crippen molar-refractivity contribution in [3.63, 3.8) is 0 Å². The average Bonchev–Trinajstić information content (AvgIpc) is 3.09. The van der Waals surface area contributed by atoms with Gasteiger partial charge in [0, 0.05) is 0 Å². The average molecular weight is 453 g/mol. The molecule has 0 spiro atoms. The van der Waals surface area contributed by atoms with Gasteiger partial charge in [-0.3, -0.25) is 10.1 Å². The fourth-order valence-electron chi connectivity index (χ4n) is 2.26. The Bertz CT molecular complexity index is 980. The first-order chi connectivity index (χ1) is 12.9. The van der Waals surface area contributed by atoms with E-state index in [1.165, 1.54) is 31.4 Å². The molecule has 3 aromatic heterocycles. The van der Waals surface area contributed by atoms with Gasteiger partial charge in [0.1, 0.15) is 10.5 Å². The quantitative estimate of drug-likeness (QED) is 0.378. The zero-order valence-corrected chi connectivity index (χ0v) is 17.1. The molecule has 1 atom stereocenters. The third-order valence-electron chi connectivity index (χ3n) is 3.51. The van der Waals surface area contributed by atoms with Crippen LogP contribution < -0.4 is 15.8 Å². The normalized spacial score (nSPS) is 12.3. The summed E-state index contributed by atoms with van der Waals surface area (Å²) in [7, 11) is 1.49. The van der Waals surface area contributed by atoms with E-state index in [9.17, 15) is 4.79 Å². The molecule has 0 aliphatic heterocycles. The van der Waals surface area contributed by atoms with Crippen molar-refractivity contribution in [3.05, 3.63) is 17.0 Å². The van der Waals surface area contributed by atoms with Crippen molar-refractivity contribution >= 4 is 56.7 Å². The fraction of sp³-hybridized carbons (Fsp3) is 0.333. The molecule has 12 heteroatoms. The molecular weight excluding hydrogens is 436 g/mol. The lowest BCUT2D eigenvalue weighted by Crippen LogP contribution is -2.30. The van der Waals surface area contributed by atoms with Gasteiger partial charge in [-0.15, -0.1) is 0 Å². The molecule has 0 aliphatic rings. The number of nitrogens with one attached hydrogen (secondary N) is 2. The van der Waals surface area contributed by atoms with E-state index in [2.05, 4.69) is 51.2 Å². The number of thioether (sulfide) groups is 1. The number of hydrogen-bond donors (Lipinski definition) is 3. The van der Waals surface area contributed by atoms with Gasteiger partial charge in [0.05, 0.1) is 29.4 Å². The van der Waals surface area contributed by atoms with Gasteiger partial charge in [-0.25, -0.2) is 15.0 Å². The summed E-state index contributed by atoms with van der Waals surface area (Å²) in [6, 6.07) is 0. The number of halogens is 1. The van der Waals surface area contributed by atoms with Gasteiger partial charge in [0.2, 0.25) is 23.7 Å². The lowest BCUT2D eigenvalue weighted by Gasteiger charge is -2.19. The summed E-state index contributed by atoms with van der Waals surface area (Å²) in [5.74, 6) is 0.323. The Morgan fingerprint density at radius 3 is 2.81 bits per heavy atom. The van der Waals surface area contributed by atoms with Crippen LogP contribution in [-0.2, 0) is 4.79 Å². The summed E-state index contributed by atoms with van der Waals surface area (Å²) in [6.45, 7) is 3.88. The Hall–Kier alpha value is -2.47. The van der Waals surface area contributed by atoms with Crippen LogP contribution in [0.4, 0.5) is 11.9 Å². The number of methoxy groups -OCH3 is 1. The van der Waals surface area contributed by atoms with Crippen LogP contribution in [0.2, 0.25) is 0 Å². The number of fused-ring (bicyclic) bond motifs is 1. The van der Waals surface area contributed by atoms with Gasteiger partial charge in [-0.1, -0.05) is 25.6 Å². The summed E-state index contributed by atoms with van der Waals surface area (Å²) in [6.07, 6.45) is 3.02. The highest BCUT2D eigenvalue weighted by Crippen LogP contribution is 2.32. The maximum absolute atomic E-state index is 12.8. The van der Waals surface area contributed by atoms with Gasteiger partial charge < -0.3 is 15.5 Å². The Balaban J connectivity index is 1.84. The van der Waals surface area contributed by atoms with Crippen molar-refractivity contribution in [1.82, 2.24) is 29.9 Å². The number of aromatic nitrogens is 6. The fourth-order valence-corrected chi connectivity index (χ4v) is 3.70. The Morgan fingerprint density at radius 1 is 1.33 bits per heavy atom. The van der Waals surface area contributed by atoms with E-state index < -0.39 is 5.25 Å². The topological polar surface area (TPSA) is 145 Å². The first-order valence-corrected chi connectivity index (χ1v) is 9.57. The molecule has 1 amide bonds. The summed E-state index contributed by atoms with van der Waals surface area (Å²) in [5.41, 5.74) is 6.84. The zero-order valence-electron chi connectivity index (χ0n) is 14.7. The summed E-state index contributed by atoms with van der Waals surface area (Å²) < 4.78 is 5.72. The van der Waals surface area contributed by atoms with E-state index in [4.69, 9.17) is 10.5 Å². The van der Waals surface area contributed by atoms with Gasteiger partial charge in [-0.05, 0) is 21.8 Å². The standard InChI is InChI=1S/C15H17BrN8O2S/c1-6(2)9(11(25)22-15-18-4-7(16)12(23-15)26-3)27-13-8-10(20-5-19-8)21-14(17)24-13/h4-6,9H,1-3H3,(H,18,22,23,25)(H3,17,19,20,21,24)/t9-/m0/s1. The molecular formula is C15H17BrN8O2S. The van der Waals surface area contributed by atoms with Crippen molar-refractivity contribution in [3.8, 4) is 5.88 Å². The van der Waals surface area contributed by atoms with Crippen LogP contribution in [-0.4, -0.2) is 48.2 Å². The first kappa shape index (κ1) is 19.3. The number of H-pyrrole nitrogens is 1. The summed E-state index contributed by atoms with van der Waals surface area (Å²) >= 11 is 4.55. The third-order valence-corrected chi connectivity index (χ3v) is 5.59. The summed E-state index contributed by atoms with van der Waals surface area (Å²) in [4.78, 5) is 36.5. The molecule has 3 rings (SSSR count). The van der Waals surface area contributed by atoms with Crippen LogP contribution in [0.15, 0.2) is 22.0 Å². The highest BCUT2D eigenvalue weighted by atomic mass is 79.9. The van der Waals surface area contributed by atoms with Gasteiger partial charge >= 0.3 is 0 Å². The highest BCUT2D eigenvalue weighted by Gasteiger charge is 2.27. The predicted octanol–water partition coefficient (Wildman–Crippen LogP) is 2.25. The number of ether oxygens (including phenoxy) is 1. The Labute approximate surface area is 167 Å². The number of rotatable bonds is 6. The lowest BCUT2D eigenvalue weighted by atomic mass is 10.1. The number of aromatic amines is 1. The number of imidazole rings is 1. The number of carbonyl (C=O) groups excluding carboxylic acids is 1. The number of nitrogen functional groups attached to an aromatic ring is 1. The van der Waals surface area contributed by atoms with E-state index >= 15 is 0 Å². The molecule has 0 aromatic carbocycles. The van der Waals surface area contributed by atoms with E-state index in [0.717, 1.165) is 0 Å². The molecule has 4 N–H and O–H groups in total. The van der Waals surface area contributed by atoms with Crippen LogP contribution in [0.1, 0.15) is 13.8 Å². The second-order valence-electron chi connectivity index (χ2n) is 5.81. The molecule has 3 heterocycles. The van der Waals surface area contributed by atoms with Crippen molar-refractivity contribution in [2.45, 2.75) is 24.1 Å². The van der Waals surface area contributed by atoms with Crippen LogP contribution in [0.25, 0.3) is 11.2 Å². The largest absolute Gasteiger partial charge is 0.480 e. The molecule has 10 nitrogen and oxygen atoms in total. The first-order valence-electron chi connectivity index (χ1n) is 7.89. The number of anilines is 2. The number of nitrogens with two attached hydrogens (primary N) is 1. The predicted molar refractivity (Wildman–Crippen MR) is 105 cm³/mol. The maximum atomic E-state index is 12.8. The van der Waals surface area contributed by atoms with Crippen LogP contribution in [0.3, 0.4) is 0 Å². The van der Waals surface area contributed by atoms with E-state index in [1.54, 1.807) is 0 Å². The zero-order chi connectivity index (χ0) is 19.6.